The Kier molecular flexibility index (Phi) is 4.04. The molecule has 104 valence electrons. The lowest BCUT2D eigenvalue weighted by molar-refractivity contribution is -0.121. The van der Waals surface area contributed by atoms with Gasteiger partial charge in [0.2, 0.25) is 0 Å². The Bertz CT molecular complexity index is 462. The number of carbonyl (C=O) groups excluding carboxylic acids is 1. The fourth-order valence-corrected chi connectivity index (χ4v) is 2.59. The Morgan fingerprint density at radius 2 is 2.26 bits per heavy atom. The zero-order valence-electron chi connectivity index (χ0n) is 12.1. The smallest absolute Gasteiger partial charge is 0.143 e. The molecule has 0 bridgehead atoms. The summed E-state index contributed by atoms with van der Waals surface area (Å²) in [4.78, 5) is 16.9. The van der Waals surface area contributed by atoms with Gasteiger partial charge >= 0.3 is 0 Å². The molecule has 0 fully saturated rings. The van der Waals surface area contributed by atoms with Gasteiger partial charge < -0.3 is 5.73 Å². The molecule has 0 aliphatic heterocycles. The first-order chi connectivity index (χ1) is 8.89. The molecule has 0 aromatic carbocycles. The van der Waals surface area contributed by atoms with Crippen LogP contribution in [0.2, 0.25) is 0 Å². The number of aryl methyl sites for hydroxylation is 1. The average Bonchev–Trinajstić information content (AvgIpc) is 2.36. The maximum absolute atomic E-state index is 12.5. The monoisotopic (exact) mass is 260 g/mol. The Labute approximate surface area is 115 Å². The number of fused-ring (bicyclic) bond motifs is 1. The zero-order valence-corrected chi connectivity index (χ0v) is 12.1. The molecule has 1 aliphatic carbocycles. The third kappa shape index (κ3) is 3.21. The van der Waals surface area contributed by atoms with Crippen LogP contribution >= 0.6 is 0 Å². The predicted molar refractivity (Wildman–Crippen MR) is 77.0 cm³/mol. The van der Waals surface area contributed by atoms with Crippen molar-refractivity contribution in [2.45, 2.75) is 58.4 Å². The van der Waals surface area contributed by atoms with Gasteiger partial charge in [-0.05, 0) is 36.3 Å². The van der Waals surface area contributed by atoms with E-state index in [9.17, 15) is 4.79 Å². The minimum Gasteiger partial charge on any atom is -0.327 e. The third-order valence-electron chi connectivity index (χ3n) is 4.12. The van der Waals surface area contributed by atoms with Crippen LogP contribution in [0.1, 0.15) is 57.2 Å². The van der Waals surface area contributed by atoms with Crippen molar-refractivity contribution in [2.24, 2.45) is 11.1 Å². The number of nitrogens with two attached hydrogens (primary N) is 1. The summed E-state index contributed by atoms with van der Waals surface area (Å²) in [5.74, 6) is 0.209. The lowest BCUT2D eigenvalue weighted by Crippen LogP contribution is -2.38. The SMILES string of the molecule is CC(C)(C)C(N)CC(=O)C1CCCc2cccnc21. The van der Waals surface area contributed by atoms with Crippen LogP contribution in [0.25, 0.3) is 0 Å². The summed E-state index contributed by atoms with van der Waals surface area (Å²) >= 11 is 0. The van der Waals surface area contributed by atoms with Crippen molar-refractivity contribution in [3.63, 3.8) is 0 Å². The lowest BCUT2D eigenvalue weighted by Gasteiger charge is -2.29. The number of hydrogen-bond acceptors (Lipinski definition) is 3. The van der Waals surface area contributed by atoms with Gasteiger partial charge in [0.1, 0.15) is 5.78 Å². The largest absolute Gasteiger partial charge is 0.327 e. The molecule has 0 spiro atoms. The molecule has 1 aromatic rings. The molecular formula is C16H24N2O. The second-order valence-corrected chi connectivity index (χ2v) is 6.64. The quantitative estimate of drug-likeness (QED) is 0.909. The summed E-state index contributed by atoms with van der Waals surface area (Å²) in [6, 6.07) is 3.95. The first kappa shape index (κ1) is 14.2. The van der Waals surface area contributed by atoms with Crippen molar-refractivity contribution in [1.29, 1.82) is 0 Å². The van der Waals surface area contributed by atoms with Crippen LogP contribution in [-0.2, 0) is 11.2 Å². The van der Waals surface area contributed by atoms with Crippen molar-refractivity contribution in [3.05, 3.63) is 29.6 Å². The van der Waals surface area contributed by atoms with Crippen LogP contribution in [0, 0.1) is 5.41 Å². The number of ketones is 1. The van der Waals surface area contributed by atoms with Crippen molar-refractivity contribution in [1.82, 2.24) is 4.98 Å². The Hall–Kier alpha value is -1.22. The Morgan fingerprint density at radius 1 is 1.53 bits per heavy atom. The van der Waals surface area contributed by atoms with E-state index in [0.717, 1.165) is 25.0 Å². The highest BCUT2D eigenvalue weighted by Gasteiger charge is 2.31. The molecule has 0 saturated carbocycles. The molecule has 2 atom stereocenters. The normalized spacial score (nSPS) is 20.7. The number of pyridine rings is 1. The van der Waals surface area contributed by atoms with Crippen LogP contribution in [0.3, 0.4) is 0 Å². The molecule has 2 rings (SSSR count). The van der Waals surface area contributed by atoms with Crippen LogP contribution in [0.15, 0.2) is 18.3 Å². The molecule has 3 nitrogen and oxygen atoms in total. The van der Waals surface area contributed by atoms with Gasteiger partial charge in [0.25, 0.3) is 0 Å². The molecule has 0 saturated heterocycles. The van der Waals surface area contributed by atoms with Gasteiger partial charge in [-0.3, -0.25) is 9.78 Å². The molecule has 1 aliphatic rings. The van der Waals surface area contributed by atoms with E-state index in [1.165, 1.54) is 5.56 Å². The maximum atomic E-state index is 12.5. The average molecular weight is 260 g/mol. The van der Waals surface area contributed by atoms with Gasteiger partial charge in [-0.25, -0.2) is 0 Å². The minimum absolute atomic E-state index is 0.0305. The number of aromatic nitrogens is 1. The van der Waals surface area contributed by atoms with Crippen LogP contribution in [0.4, 0.5) is 0 Å². The number of nitrogens with zero attached hydrogens (tertiary/aromatic N) is 1. The van der Waals surface area contributed by atoms with Crippen molar-refractivity contribution in [3.8, 4) is 0 Å². The fraction of sp³-hybridized carbons (Fsp3) is 0.625. The van der Waals surface area contributed by atoms with Gasteiger partial charge in [-0.15, -0.1) is 0 Å². The fourth-order valence-electron chi connectivity index (χ4n) is 2.59. The van der Waals surface area contributed by atoms with E-state index in [1.807, 2.05) is 6.07 Å². The Balaban J connectivity index is 2.13. The van der Waals surface area contributed by atoms with E-state index in [1.54, 1.807) is 6.20 Å². The number of Topliss-reactive ketones (excluding diaryl/α,β-unsaturated/α-hetero) is 1. The number of carbonyl (C=O) groups is 1. The maximum Gasteiger partial charge on any atom is 0.143 e. The second-order valence-electron chi connectivity index (χ2n) is 6.64. The second kappa shape index (κ2) is 5.41. The lowest BCUT2D eigenvalue weighted by atomic mass is 9.78. The summed E-state index contributed by atoms with van der Waals surface area (Å²) in [5, 5.41) is 0. The number of rotatable bonds is 3. The van der Waals surface area contributed by atoms with Crippen LogP contribution < -0.4 is 5.73 Å². The predicted octanol–water partition coefficient (Wildman–Crippen LogP) is 2.83. The molecule has 2 N–H and O–H groups in total. The van der Waals surface area contributed by atoms with E-state index in [0.29, 0.717) is 6.42 Å². The van der Waals surface area contributed by atoms with Crippen LogP contribution in [0.5, 0.6) is 0 Å². The molecule has 0 amide bonds. The van der Waals surface area contributed by atoms with Crippen molar-refractivity contribution < 1.29 is 4.79 Å². The van der Waals surface area contributed by atoms with E-state index in [2.05, 4.69) is 31.8 Å². The molecule has 19 heavy (non-hydrogen) atoms. The Morgan fingerprint density at radius 3 is 2.95 bits per heavy atom. The highest BCUT2D eigenvalue weighted by molar-refractivity contribution is 5.86. The summed E-state index contributed by atoms with van der Waals surface area (Å²) in [6.07, 6.45) is 5.26. The van der Waals surface area contributed by atoms with Crippen LogP contribution in [-0.4, -0.2) is 16.8 Å². The van der Waals surface area contributed by atoms with Gasteiger partial charge in [-0.1, -0.05) is 26.8 Å². The van der Waals surface area contributed by atoms with Gasteiger partial charge in [0, 0.05) is 18.7 Å². The van der Waals surface area contributed by atoms with Gasteiger partial charge in [-0.2, -0.15) is 0 Å². The molecule has 1 aromatic heterocycles. The molecule has 2 unspecified atom stereocenters. The summed E-state index contributed by atoms with van der Waals surface area (Å²) < 4.78 is 0. The van der Waals surface area contributed by atoms with Crippen molar-refractivity contribution in [2.75, 3.05) is 0 Å². The minimum atomic E-state index is -0.0888. The number of hydrogen-bond donors (Lipinski definition) is 1. The first-order valence-electron chi connectivity index (χ1n) is 7.11. The highest BCUT2D eigenvalue weighted by Crippen LogP contribution is 2.32. The molecular weight excluding hydrogens is 236 g/mol. The molecule has 1 heterocycles. The van der Waals surface area contributed by atoms with E-state index in [-0.39, 0.29) is 23.2 Å². The molecule has 3 heteroatoms. The topological polar surface area (TPSA) is 56.0 Å². The van der Waals surface area contributed by atoms with E-state index >= 15 is 0 Å². The molecule has 0 radical (unpaired) electrons. The van der Waals surface area contributed by atoms with Crippen molar-refractivity contribution >= 4 is 5.78 Å². The standard InChI is InChI=1S/C16H24N2O/c1-16(2,3)14(17)10-13(19)12-8-4-6-11-7-5-9-18-15(11)12/h5,7,9,12,14H,4,6,8,10,17H2,1-3H3. The summed E-state index contributed by atoms with van der Waals surface area (Å²) in [5.41, 5.74) is 8.33. The highest BCUT2D eigenvalue weighted by atomic mass is 16.1. The third-order valence-corrected chi connectivity index (χ3v) is 4.12. The van der Waals surface area contributed by atoms with E-state index in [4.69, 9.17) is 5.73 Å². The van der Waals surface area contributed by atoms with Gasteiger partial charge in [0.05, 0.1) is 11.6 Å². The first-order valence-corrected chi connectivity index (χ1v) is 7.11. The van der Waals surface area contributed by atoms with Gasteiger partial charge in [0.15, 0.2) is 0 Å². The zero-order chi connectivity index (χ0) is 14.0. The summed E-state index contributed by atoms with van der Waals surface area (Å²) in [7, 11) is 0. The van der Waals surface area contributed by atoms with E-state index < -0.39 is 0 Å². The summed E-state index contributed by atoms with van der Waals surface area (Å²) in [6.45, 7) is 6.24.